The molecule has 3 aromatic heterocycles. The number of aryl methyl sites for hydroxylation is 2. The topological polar surface area (TPSA) is 30.2 Å². The maximum Gasteiger partial charge on any atom is 0.137 e. The van der Waals surface area contributed by atoms with Gasteiger partial charge in [0.15, 0.2) is 0 Å². The molecule has 45 heavy (non-hydrogen) atoms. The minimum atomic E-state index is 0.936. The molecule has 0 saturated carbocycles. The van der Waals surface area contributed by atoms with E-state index in [-0.39, 0.29) is 0 Å². The van der Waals surface area contributed by atoms with Crippen LogP contribution in [0.4, 0.5) is 0 Å². The summed E-state index contributed by atoms with van der Waals surface area (Å²) in [5.41, 5.74) is 14.4. The van der Waals surface area contributed by atoms with Gasteiger partial charge in [0.1, 0.15) is 5.65 Å². The molecule has 0 unspecified atom stereocenters. The largest absolute Gasteiger partial charge is 0.299 e. The lowest BCUT2D eigenvalue weighted by Gasteiger charge is -2.13. The van der Waals surface area contributed by atoms with Gasteiger partial charge in [0, 0.05) is 28.7 Å². The van der Waals surface area contributed by atoms with E-state index in [2.05, 4.69) is 163 Å². The van der Waals surface area contributed by atoms with Gasteiger partial charge in [-0.3, -0.25) is 9.38 Å². The number of pyridine rings is 2. The lowest BCUT2D eigenvalue weighted by Crippen LogP contribution is -1.91. The number of rotatable bonds is 5. The number of hydrogen-bond donors (Lipinski definition) is 0. The van der Waals surface area contributed by atoms with Crippen molar-refractivity contribution in [3.05, 3.63) is 163 Å². The highest BCUT2D eigenvalue weighted by Crippen LogP contribution is 2.37. The fourth-order valence-electron chi connectivity index (χ4n) is 6.39. The Balaban J connectivity index is 1.27. The molecule has 0 fully saturated rings. The monoisotopic (exact) mass is 577 g/mol. The Hall–Kier alpha value is -5.80. The predicted molar refractivity (Wildman–Crippen MR) is 187 cm³/mol. The molecule has 3 heteroatoms. The number of imidazole rings is 1. The van der Waals surface area contributed by atoms with Gasteiger partial charge in [-0.25, -0.2) is 4.98 Å². The van der Waals surface area contributed by atoms with Crippen molar-refractivity contribution >= 4 is 16.4 Å². The average Bonchev–Trinajstić information content (AvgIpc) is 3.48. The summed E-state index contributed by atoms with van der Waals surface area (Å²) in [4.78, 5) is 9.66. The van der Waals surface area contributed by atoms with Crippen molar-refractivity contribution in [2.45, 2.75) is 13.8 Å². The van der Waals surface area contributed by atoms with Gasteiger partial charge in [0.25, 0.3) is 0 Å². The van der Waals surface area contributed by atoms with Gasteiger partial charge in [0.2, 0.25) is 0 Å². The summed E-state index contributed by atoms with van der Waals surface area (Å²) in [5.74, 6) is 0. The fourth-order valence-corrected chi connectivity index (χ4v) is 6.39. The molecule has 0 aliphatic rings. The van der Waals surface area contributed by atoms with Gasteiger partial charge in [-0.05, 0) is 107 Å². The molecular formula is C42H31N3. The summed E-state index contributed by atoms with van der Waals surface area (Å²) in [7, 11) is 0. The molecule has 0 N–H and O–H groups in total. The highest BCUT2D eigenvalue weighted by Gasteiger charge is 2.16. The van der Waals surface area contributed by atoms with Gasteiger partial charge in [0.05, 0.1) is 11.4 Å². The van der Waals surface area contributed by atoms with E-state index in [1.807, 2.05) is 12.1 Å². The smallest absolute Gasteiger partial charge is 0.137 e. The Bertz CT molecular complexity index is 2310. The lowest BCUT2D eigenvalue weighted by atomic mass is 9.92. The first kappa shape index (κ1) is 26.8. The van der Waals surface area contributed by atoms with E-state index < -0.39 is 0 Å². The average molecular weight is 578 g/mol. The summed E-state index contributed by atoms with van der Waals surface area (Å²) in [5, 5.41) is 2.49. The molecule has 3 heterocycles. The minimum Gasteiger partial charge on any atom is -0.299 e. The standard InChI is InChI=1S/C42H31N3/c1-28-22-36(23-29(2)43-28)39-26-37(25-38(27-39)35-20-17-30-10-6-7-13-34(30)24-35)31-15-18-33(19-16-31)42-41(32-11-4-3-5-12-32)44-40-14-8-9-21-45(40)42/h3-27H,1-2H3. The van der Waals surface area contributed by atoms with E-state index in [1.165, 1.54) is 44.2 Å². The lowest BCUT2D eigenvalue weighted by molar-refractivity contribution is 1.12. The van der Waals surface area contributed by atoms with Crippen LogP contribution < -0.4 is 0 Å². The van der Waals surface area contributed by atoms with Crippen LogP contribution in [-0.4, -0.2) is 14.4 Å². The molecule has 0 spiro atoms. The van der Waals surface area contributed by atoms with Gasteiger partial charge < -0.3 is 0 Å². The van der Waals surface area contributed by atoms with Gasteiger partial charge in [-0.15, -0.1) is 0 Å². The van der Waals surface area contributed by atoms with E-state index in [0.717, 1.165) is 39.5 Å². The SMILES string of the molecule is Cc1cc(-c2cc(-c3ccc(-c4c(-c5ccccc5)nc5ccccn45)cc3)cc(-c3ccc4ccccc4c3)c2)cc(C)n1. The molecule has 0 aliphatic carbocycles. The summed E-state index contributed by atoms with van der Waals surface area (Å²) in [6.45, 7) is 4.13. The molecule has 3 nitrogen and oxygen atoms in total. The Morgan fingerprint density at radius 3 is 1.73 bits per heavy atom. The fraction of sp³-hybridized carbons (Fsp3) is 0.0476. The zero-order chi connectivity index (χ0) is 30.3. The van der Waals surface area contributed by atoms with Crippen LogP contribution in [0.25, 0.3) is 72.3 Å². The molecule has 0 saturated heterocycles. The maximum atomic E-state index is 5.02. The van der Waals surface area contributed by atoms with Crippen LogP contribution in [0.5, 0.6) is 0 Å². The Kier molecular flexibility index (Phi) is 6.57. The molecular weight excluding hydrogens is 546 g/mol. The number of aromatic nitrogens is 3. The van der Waals surface area contributed by atoms with Crippen LogP contribution in [0.3, 0.4) is 0 Å². The van der Waals surface area contributed by atoms with Crippen LogP contribution in [-0.2, 0) is 0 Å². The van der Waals surface area contributed by atoms with E-state index >= 15 is 0 Å². The highest BCUT2D eigenvalue weighted by molar-refractivity contribution is 5.90. The Morgan fingerprint density at radius 1 is 0.400 bits per heavy atom. The zero-order valence-corrected chi connectivity index (χ0v) is 25.3. The summed E-state index contributed by atoms with van der Waals surface area (Å²) >= 11 is 0. The van der Waals surface area contributed by atoms with Crippen LogP contribution in [0.1, 0.15) is 11.4 Å². The van der Waals surface area contributed by atoms with Crippen molar-refractivity contribution in [3.63, 3.8) is 0 Å². The van der Waals surface area contributed by atoms with Gasteiger partial charge >= 0.3 is 0 Å². The first-order chi connectivity index (χ1) is 22.1. The predicted octanol–water partition coefficient (Wildman–Crippen LogP) is 10.8. The second-order valence-corrected chi connectivity index (χ2v) is 11.7. The molecule has 0 amide bonds. The number of nitrogens with zero attached hydrogens (tertiary/aromatic N) is 3. The third-order valence-electron chi connectivity index (χ3n) is 8.50. The van der Waals surface area contributed by atoms with Crippen LogP contribution in [0.2, 0.25) is 0 Å². The molecule has 0 atom stereocenters. The normalized spacial score (nSPS) is 11.3. The summed E-state index contributed by atoms with van der Waals surface area (Å²) in [6.07, 6.45) is 2.09. The summed E-state index contributed by atoms with van der Waals surface area (Å²) in [6, 6.07) is 52.1. The van der Waals surface area contributed by atoms with E-state index in [1.54, 1.807) is 0 Å². The minimum absolute atomic E-state index is 0.936. The molecule has 0 radical (unpaired) electrons. The quantitative estimate of drug-likeness (QED) is 0.204. The van der Waals surface area contributed by atoms with E-state index in [4.69, 9.17) is 4.98 Å². The molecule has 0 bridgehead atoms. The number of fused-ring (bicyclic) bond motifs is 2. The molecule has 5 aromatic carbocycles. The number of hydrogen-bond acceptors (Lipinski definition) is 2. The molecule has 0 aliphatic heterocycles. The second kappa shape index (κ2) is 11.0. The van der Waals surface area contributed by atoms with Gasteiger partial charge in [-0.2, -0.15) is 0 Å². The van der Waals surface area contributed by atoms with Gasteiger partial charge in [-0.1, -0.05) is 97.1 Å². The van der Waals surface area contributed by atoms with Crippen LogP contribution >= 0.6 is 0 Å². The Morgan fingerprint density at radius 2 is 0.978 bits per heavy atom. The van der Waals surface area contributed by atoms with Crippen molar-refractivity contribution in [2.24, 2.45) is 0 Å². The van der Waals surface area contributed by atoms with Crippen LogP contribution in [0, 0.1) is 13.8 Å². The first-order valence-corrected chi connectivity index (χ1v) is 15.3. The van der Waals surface area contributed by atoms with Crippen molar-refractivity contribution in [1.29, 1.82) is 0 Å². The van der Waals surface area contributed by atoms with Crippen molar-refractivity contribution in [2.75, 3.05) is 0 Å². The third-order valence-corrected chi connectivity index (χ3v) is 8.50. The highest BCUT2D eigenvalue weighted by atomic mass is 15.0. The number of benzene rings is 5. The maximum absolute atomic E-state index is 5.02. The summed E-state index contributed by atoms with van der Waals surface area (Å²) < 4.78 is 2.18. The van der Waals surface area contributed by atoms with Crippen molar-refractivity contribution in [3.8, 4) is 55.9 Å². The van der Waals surface area contributed by atoms with Crippen LogP contribution in [0.15, 0.2) is 152 Å². The molecule has 214 valence electrons. The van der Waals surface area contributed by atoms with Crippen molar-refractivity contribution in [1.82, 2.24) is 14.4 Å². The third kappa shape index (κ3) is 5.09. The molecule has 8 aromatic rings. The first-order valence-electron chi connectivity index (χ1n) is 15.3. The molecule has 8 rings (SSSR count). The Labute approximate surface area is 263 Å². The van der Waals surface area contributed by atoms with Crippen molar-refractivity contribution < 1.29 is 0 Å². The van der Waals surface area contributed by atoms with E-state index in [0.29, 0.717) is 0 Å². The zero-order valence-electron chi connectivity index (χ0n) is 25.3. The second-order valence-electron chi connectivity index (χ2n) is 11.7. The van der Waals surface area contributed by atoms with E-state index in [9.17, 15) is 0 Å².